The van der Waals surface area contributed by atoms with Crippen molar-refractivity contribution in [1.82, 2.24) is 15.5 Å². The molecule has 28 heavy (non-hydrogen) atoms. The molecule has 1 aromatic heterocycles. The fraction of sp³-hybridized carbons (Fsp3) is 0.286. The highest BCUT2D eigenvalue weighted by molar-refractivity contribution is 7.99. The first kappa shape index (κ1) is 19.9. The summed E-state index contributed by atoms with van der Waals surface area (Å²) in [6, 6.07) is 18.1. The standard InChI is InChI=1S/C21H24N4O2S/c1-16-9-11-17(12-10-16)20-23-24-21(27-20)28-15-19(26)22-13-6-14-25(2)18-7-4-3-5-8-18/h3-5,7-12H,6,13-15H2,1-2H3,(H,22,26). The number of nitrogens with one attached hydrogen (secondary N) is 1. The largest absolute Gasteiger partial charge is 0.411 e. The van der Waals surface area contributed by atoms with Crippen LogP contribution >= 0.6 is 11.8 Å². The molecule has 0 radical (unpaired) electrons. The van der Waals surface area contributed by atoms with Crippen molar-refractivity contribution < 1.29 is 9.21 Å². The van der Waals surface area contributed by atoms with Gasteiger partial charge in [-0.05, 0) is 37.6 Å². The Hall–Kier alpha value is -2.80. The highest BCUT2D eigenvalue weighted by Gasteiger charge is 2.11. The molecule has 0 fully saturated rings. The Morgan fingerprint density at radius 1 is 1.11 bits per heavy atom. The van der Waals surface area contributed by atoms with Crippen LogP contribution in [0.3, 0.4) is 0 Å². The maximum atomic E-state index is 12.0. The molecule has 0 aliphatic heterocycles. The van der Waals surface area contributed by atoms with E-state index in [4.69, 9.17) is 4.42 Å². The van der Waals surface area contributed by atoms with Crippen molar-refractivity contribution in [3.8, 4) is 11.5 Å². The molecule has 0 spiro atoms. The number of rotatable bonds is 9. The molecule has 1 N–H and O–H groups in total. The molecule has 0 aliphatic carbocycles. The van der Waals surface area contributed by atoms with Crippen LogP contribution in [-0.4, -0.2) is 42.0 Å². The topological polar surface area (TPSA) is 71.3 Å². The van der Waals surface area contributed by atoms with Crippen LogP contribution in [0.25, 0.3) is 11.5 Å². The highest BCUT2D eigenvalue weighted by Crippen LogP contribution is 2.23. The van der Waals surface area contributed by atoms with E-state index in [9.17, 15) is 4.79 Å². The summed E-state index contributed by atoms with van der Waals surface area (Å²) >= 11 is 1.25. The van der Waals surface area contributed by atoms with Gasteiger partial charge in [0.25, 0.3) is 5.22 Å². The van der Waals surface area contributed by atoms with Gasteiger partial charge in [-0.2, -0.15) is 0 Å². The van der Waals surface area contributed by atoms with E-state index in [2.05, 4.69) is 32.5 Å². The first-order valence-electron chi connectivity index (χ1n) is 9.18. The lowest BCUT2D eigenvalue weighted by Gasteiger charge is -2.19. The number of nitrogens with zero attached hydrogens (tertiary/aromatic N) is 3. The third-order valence-electron chi connectivity index (χ3n) is 4.22. The third kappa shape index (κ3) is 5.85. The number of para-hydroxylation sites is 1. The van der Waals surface area contributed by atoms with Crippen molar-refractivity contribution in [2.24, 2.45) is 0 Å². The number of hydrogen-bond acceptors (Lipinski definition) is 6. The average molecular weight is 397 g/mol. The minimum atomic E-state index is -0.0394. The molecule has 146 valence electrons. The predicted molar refractivity (Wildman–Crippen MR) is 113 cm³/mol. The summed E-state index contributed by atoms with van der Waals surface area (Å²) in [6.45, 7) is 3.53. The zero-order valence-electron chi connectivity index (χ0n) is 16.1. The first-order chi connectivity index (χ1) is 13.6. The van der Waals surface area contributed by atoms with Crippen LogP contribution in [0.4, 0.5) is 5.69 Å². The van der Waals surface area contributed by atoms with Crippen LogP contribution in [0.1, 0.15) is 12.0 Å². The quantitative estimate of drug-likeness (QED) is 0.438. The molecule has 1 heterocycles. The van der Waals surface area contributed by atoms with Crippen LogP contribution < -0.4 is 10.2 Å². The average Bonchev–Trinajstić information content (AvgIpc) is 3.20. The van der Waals surface area contributed by atoms with E-state index in [1.54, 1.807) is 0 Å². The lowest BCUT2D eigenvalue weighted by Crippen LogP contribution is -2.29. The maximum Gasteiger partial charge on any atom is 0.277 e. The van der Waals surface area contributed by atoms with Gasteiger partial charge < -0.3 is 14.6 Å². The van der Waals surface area contributed by atoms with Gasteiger partial charge in [-0.15, -0.1) is 10.2 Å². The third-order valence-corrected chi connectivity index (χ3v) is 5.04. The molecule has 6 nitrogen and oxygen atoms in total. The monoisotopic (exact) mass is 396 g/mol. The number of hydrogen-bond donors (Lipinski definition) is 1. The Bertz CT molecular complexity index is 881. The molecule has 3 rings (SSSR count). The number of thioether (sulfide) groups is 1. The van der Waals surface area contributed by atoms with E-state index in [1.807, 2.05) is 56.4 Å². The van der Waals surface area contributed by atoms with Crippen LogP contribution in [0.15, 0.2) is 64.2 Å². The zero-order chi connectivity index (χ0) is 19.8. The number of benzene rings is 2. The summed E-state index contributed by atoms with van der Waals surface area (Å²) in [6.07, 6.45) is 0.875. The Morgan fingerprint density at radius 2 is 1.86 bits per heavy atom. The molecule has 0 bridgehead atoms. The van der Waals surface area contributed by atoms with Crippen LogP contribution in [-0.2, 0) is 4.79 Å². The molecule has 2 aromatic carbocycles. The van der Waals surface area contributed by atoms with Gasteiger partial charge in [0.1, 0.15) is 0 Å². The van der Waals surface area contributed by atoms with E-state index in [-0.39, 0.29) is 11.7 Å². The van der Waals surface area contributed by atoms with Gasteiger partial charge in [-0.25, -0.2) is 0 Å². The number of aromatic nitrogens is 2. The van der Waals surface area contributed by atoms with E-state index < -0.39 is 0 Å². The number of aryl methyl sites for hydroxylation is 1. The fourth-order valence-corrected chi connectivity index (χ4v) is 3.21. The lowest BCUT2D eigenvalue weighted by atomic mass is 10.1. The van der Waals surface area contributed by atoms with Gasteiger partial charge >= 0.3 is 0 Å². The maximum absolute atomic E-state index is 12.0. The van der Waals surface area contributed by atoms with Crippen LogP contribution in [0, 0.1) is 6.92 Å². The lowest BCUT2D eigenvalue weighted by molar-refractivity contribution is -0.118. The normalized spacial score (nSPS) is 10.6. The predicted octanol–water partition coefficient (Wildman–Crippen LogP) is 3.78. The van der Waals surface area contributed by atoms with Gasteiger partial charge in [0.05, 0.1) is 5.75 Å². The van der Waals surface area contributed by atoms with Gasteiger partial charge in [0.15, 0.2) is 0 Å². The summed E-state index contributed by atoms with van der Waals surface area (Å²) in [5, 5.41) is 11.4. The van der Waals surface area contributed by atoms with Crippen molar-refractivity contribution in [1.29, 1.82) is 0 Å². The zero-order valence-corrected chi connectivity index (χ0v) is 16.9. The van der Waals surface area contributed by atoms with Crippen molar-refractivity contribution in [2.45, 2.75) is 18.6 Å². The number of carbonyl (C=O) groups excluding carboxylic acids is 1. The Morgan fingerprint density at radius 3 is 2.61 bits per heavy atom. The van der Waals surface area contributed by atoms with Crippen molar-refractivity contribution in [3.63, 3.8) is 0 Å². The Kier molecular flexibility index (Phi) is 7.08. The molecule has 0 atom stereocenters. The molecule has 3 aromatic rings. The van der Waals surface area contributed by atoms with Gasteiger partial charge in [0.2, 0.25) is 11.8 Å². The smallest absolute Gasteiger partial charge is 0.277 e. The number of anilines is 1. The second-order valence-electron chi connectivity index (χ2n) is 6.49. The number of carbonyl (C=O) groups is 1. The highest BCUT2D eigenvalue weighted by atomic mass is 32.2. The van der Waals surface area contributed by atoms with E-state index in [0.717, 1.165) is 18.5 Å². The fourth-order valence-electron chi connectivity index (χ4n) is 2.61. The second kappa shape index (κ2) is 9.94. The first-order valence-corrected chi connectivity index (χ1v) is 10.2. The molecular formula is C21H24N4O2S. The minimum Gasteiger partial charge on any atom is -0.411 e. The Labute approximate surface area is 169 Å². The minimum absolute atomic E-state index is 0.0394. The SMILES string of the molecule is Cc1ccc(-c2nnc(SCC(=O)NCCCN(C)c3ccccc3)o2)cc1. The van der Waals surface area contributed by atoms with Crippen molar-refractivity contribution in [3.05, 3.63) is 60.2 Å². The molecule has 0 aliphatic rings. The molecule has 0 saturated heterocycles. The van der Waals surface area contributed by atoms with Crippen LogP contribution in [0.2, 0.25) is 0 Å². The van der Waals surface area contributed by atoms with Crippen molar-refractivity contribution in [2.75, 3.05) is 30.8 Å². The summed E-state index contributed by atoms with van der Waals surface area (Å²) in [5.74, 6) is 0.679. The molecule has 0 unspecified atom stereocenters. The molecule has 7 heteroatoms. The summed E-state index contributed by atoms with van der Waals surface area (Å²) in [5.41, 5.74) is 3.21. The second-order valence-corrected chi connectivity index (χ2v) is 7.42. The van der Waals surface area contributed by atoms with E-state index in [1.165, 1.54) is 23.0 Å². The molecular weight excluding hydrogens is 372 g/mol. The van der Waals surface area contributed by atoms with Crippen molar-refractivity contribution >= 4 is 23.4 Å². The molecule has 1 amide bonds. The van der Waals surface area contributed by atoms with Crippen LogP contribution in [0.5, 0.6) is 0 Å². The summed E-state index contributed by atoms with van der Waals surface area (Å²) < 4.78 is 5.62. The number of amides is 1. The van der Waals surface area contributed by atoms with Gasteiger partial charge in [0, 0.05) is 31.4 Å². The van der Waals surface area contributed by atoms with Gasteiger partial charge in [-0.1, -0.05) is 47.7 Å². The summed E-state index contributed by atoms with van der Waals surface area (Å²) in [7, 11) is 2.05. The van der Waals surface area contributed by atoms with E-state index in [0.29, 0.717) is 17.7 Å². The van der Waals surface area contributed by atoms with Gasteiger partial charge in [-0.3, -0.25) is 4.79 Å². The molecule has 0 saturated carbocycles. The summed E-state index contributed by atoms with van der Waals surface area (Å²) in [4.78, 5) is 14.2. The Balaban J connectivity index is 1.36. The van der Waals surface area contributed by atoms with E-state index >= 15 is 0 Å².